The van der Waals surface area contributed by atoms with Gasteiger partial charge in [0.2, 0.25) is 5.91 Å². The molecule has 31 heavy (non-hydrogen) atoms. The lowest BCUT2D eigenvalue weighted by Crippen LogP contribution is -2.42. The van der Waals surface area contributed by atoms with Crippen molar-refractivity contribution in [3.8, 4) is 0 Å². The number of hydrogen-bond acceptors (Lipinski definition) is 4. The fourth-order valence-electron chi connectivity index (χ4n) is 3.85. The number of nitrogens with zero attached hydrogens (tertiary/aromatic N) is 1. The number of carbonyl (C=O) groups is 1. The summed E-state index contributed by atoms with van der Waals surface area (Å²) in [5, 5.41) is 3.61. The molecule has 0 unspecified atom stereocenters. The van der Waals surface area contributed by atoms with Gasteiger partial charge in [-0.1, -0.05) is 55.7 Å². The Hall–Kier alpha value is -1.99. The Morgan fingerprint density at radius 1 is 1.10 bits per heavy atom. The van der Waals surface area contributed by atoms with Crippen LogP contribution in [0.15, 0.2) is 53.4 Å². The van der Waals surface area contributed by atoms with Crippen LogP contribution in [0, 0.1) is 6.92 Å². The van der Waals surface area contributed by atoms with Crippen LogP contribution in [0.1, 0.15) is 43.7 Å². The summed E-state index contributed by atoms with van der Waals surface area (Å²) in [6.07, 6.45) is 5.79. The van der Waals surface area contributed by atoms with Gasteiger partial charge < -0.3 is 5.32 Å². The molecule has 0 radical (unpaired) electrons. The molecule has 0 spiro atoms. The van der Waals surface area contributed by atoms with Crippen molar-refractivity contribution in [2.75, 3.05) is 23.1 Å². The molecule has 5 nitrogen and oxygen atoms in total. The zero-order valence-electron chi connectivity index (χ0n) is 18.3. The number of hydrogen-bond donors (Lipinski definition) is 1. The summed E-state index contributed by atoms with van der Waals surface area (Å²) in [6, 6.07) is 14.1. The van der Waals surface area contributed by atoms with Gasteiger partial charge in [-0.05, 0) is 49.9 Å². The molecule has 0 bridgehead atoms. The maximum absolute atomic E-state index is 13.5. The Balaban J connectivity index is 1.75. The van der Waals surface area contributed by atoms with Gasteiger partial charge in [-0.25, -0.2) is 8.42 Å². The summed E-state index contributed by atoms with van der Waals surface area (Å²) in [5.41, 5.74) is 2.43. The number of thioether (sulfide) groups is 1. The molecule has 0 aliphatic heterocycles. The average molecular weight is 461 g/mol. The number of amides is 1. The summed E-state index contributed by atoms with van der Waals surface area (Å²) >= 11 is 1.90. The minimum absolute atomic E-state index is 0.189. The Morgan fingerprint density at radius 3 is 2.45 bits per heavy atom. The van der Waals surface area contributed by atoms with Crippen LogP contribution in [-0.2, 0) is 21.2 Å². The quantitative estimate of drug-likeness (QED) is 0.529. The van der Waals surface area contributed by atoms with Crippen molar-refractivity contribution in [1.82, 2.24) is 5.32 Å². The molecule has 3 rings (SSSR count). The molecule has 1 N–H and O–H groups in total. The van der Waals surface area contributed by atoms with Gasteiger partial charge in [0.05, 0.1) is 10.6 Å². The van der Waals surface area contributed by atoms with Gasteiger partial charge in [0.25, 0.3) is 10.0 Å². The van der Waals surface area contributed by atoms with E-state index in [1.54, 1.807) is 30.3 Å². The van der Waals surface area contributed by atoms with Gasteiger partial charge in [-0.15, -0.1) is 0 Å². The molecule has 1 saturated carbocycles. The Morgan fingerprint density at radius 2 is 1.77 bits per heavy atom. The van der Waals surface area contributed by atoms with E-state index < -0.39 is 10.0 Å². The third-order valence-corrected chi connectivity index (χ3v) is 8.77. The zero-order valence-corrected chi connectivity index (χ0v) is 20.0. The summed E-state index contributed by atoms with van der Waals surface area (Å²) in [4.78, 5) is 12.9. The third-order valence-electron chi connectivity index (χ3n) is 5.62. The predicted octanol–water partition coefficient (Wildman–Crippen LogP) is 4.54. The van der Waals surface area contributed by atoms with Crippen molar-refractivity contribution in [3.63, 3.8) is 0 Å². The fraction of sp³-hybridized carbons (Fsp3) is 0.458. The average Bonchev–Trinajstić information content (AvgIpc) is 3.29. The fourth-order valence-corrected chi connectivity index (χ4v) is 6.53. The van der Waals surface area contributed by atoms with E-state index in [2.05, 4.69) is 5.32 Å². The molecule has 1 aliphatic rings. The van der Waals surface area contributed by atoms with Crippen molar-refractivity contribution in [3.05, 3.63) is 59.7 Å². The van der Waals surface area contributed by atoms with Crippen molar-refractivity contribution >= 4 is 33.4 Å². The second-order valence-electron chi connectivity index (χ2n) is 7.93. The third kappa shape index (κ3) is 6.26. The van der Waals surface area contributed by atoms with Crippen LogP contribution in [0.25, 0.3) is 0 Å². The van der Waals surface area contributed by atoms with Crippen molar-refractivity contribution in [2.24, 2.45) is 0 Å². The van der Waals surface area contributed by atoms with Crippen LogP contribution in [0.2, 0.25) is 0 Å². The first-order valence-corrected chi connectivity index (χ1v) is 13.5. The second-order valence-corrected chi connectivity index (χ2v) is 11.2. The smallest absolute Gasteiger partial charge is 0.264 e. The molecule has 0 aromatic heterocycles. The second kappa shape index (κ2) is 11.0. The van der Waals surface area contributed by atoms with Crippen LogP contribution in [-0.4, -0.2) is 38.4 Å². The SMILES string of the molecule is CCc1ccccc1N(CC(=O)NCCSC1CCCC1)S(=O)(=O)c1ccc(C)cc1. The van der Waals surface area contributed by atoms with Crippen molar-refractivity contribution in [2.45, 2.75) is 56.1 Å². The van der Waals surface area contributed by atoms with E-state index >= 15 is 0 Å². The van der Waals surface area contributed by atoms with Gasteiger partial charge in [0.15, 0.2) is 0 Å². The number of carbonyl (C=O) groups excluding carboxylic acids is 1. The number of aryl methyl sites for hydroxylation is 2. The minimum atomic E-state index is -3.87. The molecule has 2 aromatic rings. The molecule has 1 amide bonds. The van der Waals surface area contributed by atoms with E-state index in [9.17, 15) is 13.2 Å². The standard InChI is InChI=1S/C24H32N2O3S2/c1-3-20-8-4-7-11-23(20)26(31(28,29)22-14-12-19(2)13-15-22)18-24(27)25-16-17-30-21-9-5-6-10-21/h4,7-8,11-15,21H,3,5-6,9-10,16-18H2,1-2H3,(H,25,27). The minimum Gasteiger partial charge on any atom is -0.354 e. The van der Waals surface area contributed by atoms with E-state index in [-0.39, 0.29) is 17.3 Å². The molecule has 1 aliphatic carbocycles. The van der Waals surface area contributed by atoms with Gasteiger partial charge in [0, 0.05) is 17.5 Å². The van der Waals surface area contributed by atoms with Crippen LogP contribution < -0.4 is 9.62 Å². The number of nitrogens with one attached hydrogen (secondary N) is 1. The van der Waals surface area contributed by atoms with E-state index in [1.807, 2.05) is 43.8 Å². The maximum atomic E-state index is 13.5. The number of para-hydroxylation sites is 1. The highest BCUT2D eigenvalue weighted by atomic mass is 32.2. The van der Waals surface area contributed by atoms with Crippen LogP contribution in [0.4, 0.5) is 5.69 Å². The largest absolute Gasteiger partial charge is 0.354 e. The number of sulfonamides is 1. The molecule has 168 valence electrons. The van der Waals surface area contributed by atoms with Gasteiger partial charge in [0.1, 0.15) is 6.54 Å². The van der Waals surface area contributed by atoms with Crippen LogP contribution >= 0.6 is 11.8 Å². The van der Waals surface area contributed by atoms with Gasteiger partial charge in [-0.2, -0.15) is 11.8 Å². The Kier molecular flexibility index (Phi) is 8.43. The number of benzene rings is 2. The number of anilines is 1. The van der Waals surface area contributed by atoms with E-state index in [1.165, 1.54) is 30.0 Å². The first-order valence-electron chi connectivity index (χ1n) is 11.0. The van der Waals surface area contributed by atoms with Gasteiger partial charge >= 0.3 is 0 Å². The monoisotopic (exact) mass is 460 g/mol. The Bertz CT molecular complexity index is 969. The van der Waals surface area contributed by atoms with Crippen LogP contribution in [0.5, 0.6) is 0 Å². The first-order chi connectivity index (χ1) is 14.9. The van der Waals surface area contributed by atoms with E-state index in [0.29, 0.717) is 23.9 Å². The molecular formula is C24H32N2O3S2. The highest BCUT2D eigenvalue weighted by Crippen LogP contribution is 2.29. The molecule has 7 heteroatoms. The van der Waals surface area contributed by atoms with E-state index in [4.69, 9.17) is 0 Å². The summed E-state index contributed by atoms with van der Waals surface area (Å²) in [6.45, 7) is 4.21. The van der Waals surface area contributed by atoms with Gasteiger partial charge in [-0.3, -0.25) is 9.10 Å². The summed E-state index contributed by atoms with van der Waals surface area (Å²) < 4.78 is 28.2. The van der Waals surface area contributed by atoms with Crippen molar-refractivity contribution < 1.29 is 13.2 Å². The van der Waals surface area contributed by atoms with Crippen LogP contribution in [0.3, 0.4) is 0 Å². The Labute approximate surface area is 190 Å². The lowest BCUT2D eigenvalue weighted by Gasteiger charge is -2.26. The molecule has 0 saturated heterocycles. The topological polar surface area (TPSA) is 66.5 Å². The summed E-state index contributed by atoms with van der Waals surface area (Å²) in [5.74, 6) is 0.570. The molecule has 0 atom stereocenters. The molecular weight excluding hydrogens is 428 g/mol. The highest BCUT2D eigenvalue weighted by molar-refractivity contribution is 7.99. The van der Waals surface area contributed by atoms with Crippen molar-refractivity contribution in [1.29, 1.82) is 0 Å². The lowest BCUT2D eigenvalue weighted by atomic mass is 10.1. The maximum Gasteiger partial charge on any atom is 0.264 e. The first kappa shape index (κ1) is 23.7. The molecule has 0 heterocycles. The molecule has 1 fully saturated rings. The normalized spacial score (nSPS) is 14.5. The zero-order chi connectivity index (χ0) is 22.3. The lowest BCUT2D eigenvalue weighted by molar-refractivity contribution is -0.119. The number of rotatable bonds is 10. The van der Waals surface area contributed by atoms with E-state index in [0.717, 1.165) is 16.9 Å². The molecule has 2 aromatic carbocycles. The highest BCUT2D eigenvalue weighted by Gasteiger charge is 2.28. The predicted molar refractivity (Wildman–Crippen MR) is 129 cm³/mol. The summed E-state index contributed by atoms with van der Waals surface area (Å²) in [7, 11) is -3.87.